The minimum absolute atomic E-state index is 0.102. The van der Waals surface area contributed by atoms with Crippen LogP contribution >= 0.6 is 0 Å². The van der Waals surface area contributed by atoms with E-state index in [2.05, 4.69) is 0 Å². The molecule has 0 heterocycles. The lowest BCUT2D eigenvalue weighted by atomic mass is 9.98. The van der Waals surface area contributed by atoms with Crippen LogP contribution in [0, 0.1) is 6.92 Å². The van der Waals surface area contributed by atoms with E-state index in [-0.39, 0.29) is 6.42 Å². The van der Waals surface area contributed by atoms with E-state index in [0.717, 1.165) is 11.1 Å². The van der Waals surface area contributed by atoms with Crippen molar-refractivity contribution in [3.8, 4) is 0 Å². The van der Waals surface area contributed by atoms with Crippen molar-refractivity contribution in [3.63, 3.8) is 0 Å². The second kappa shape index (κ2) is 4.11. The molecule has 4 heteroatoms. The summed E-state index contributed by atoms with van der Waals surface area (Å²) in [7, 11) is 0. The lowest BCUT2D eigenvalue weighted by Gasteiger charge is -2.14. The zero-order chi connectivity index (χ0) is 10.7. The largest absolute Gasteiger partial charge is 0.481 e. The summed E-state index contributed by atoms with van der Waals surface area (Å²) in [6, 6.07) is 4.88. The molecule has 0 aliphatic carbocycles. The average molecular weight is 194 g/mol. The van der Waals surface area contributed by atoms with Crippen LogP contribution < -0.4 is 11.5 Å². The number of carboxylic acids is 1. The molecule has 0 spiro atoms. The van der Waals surface area contributed by atoms with Gasteiger partial charge in [0.15, 0.2) is 0 Å². The fraction of sp³-hybridized carbons (Fsp3) is 0.300. The number of carboxylic acid groups (broad SMARTS) is 1. The summed E-state index contributed by atoms with van der Waals surface area (Å²) < 4.78 is 0. The molecule has 76 valence electrons. The highest BCUT2D eigenvalue weighted by Crippen LogP contribution is 2.24. The molecule has 0 bridgehead atoms. The van der Waals surface area contributed by atoms with Crippen LogP contribution in [-0.2, 0) is 4.79 Å². The fourth-order valence-corrected chi connectivity index (χ4v) is 1.50. The van der Waals surface area contributed by atoms with Gasteiger partial charge in [0.05, 0.1) is 6.42 Å². The number of carbonyl (C=O) groups is 1. The Kier molecular flexibility index (Phi) is 3.09. The van der Waals surface area contributed by atoms with Crippen LogP contribution in [0.5, 0.6) is 0 Å². The van der Waals surface area contributed by atoms with Gasteiger partial charge >= 0.3 is 5.97 Å². The molecule has 0 amide bonds. The zero-order valence-corrected chi connectivity index (χ0v) is 8.03. The maximum absolute atomic E-state index is 10.5. The van der Waals surface area contributed by atoms with Gasteiger partial charge in [0.25, 0.3) is 0 Å². The standard InChI is InChI=1S/C10H14N2O2/c1-6-3-2-4-7(11)10(6)8(12)5-9(13)14/h2-4,8H,5,11-12H2,1H3,(H,13,14). The first-order chi connectivity index (χ1) is 6.52. The van der Waals surface area contributed by atoms with Gasteiger partial charge in [0, 0.05) is 11.7 Å². The number of rotatable bonds is 3. The number of hydrogen-bond acceptors (Lipinski definition) is 3. The molecule has 1 unspecified atom stereocenters. The first kappa shape index (κ1) is 10.5. The molecule has 0 aliphatic rings. The van der Waals surface area contributed by atoms with E-state index in [1.807, 2.05) is 19.1 Å². The van der Waals surface area contributed by atoms with Crippen LogP contribution in [0.3, 0.4) is 0 Å². The monoisotopic (exact) mass is 194 g/mol. The molecule has 0 radical (unpaired) electrons. The van der Waals surface area contributed by atoms with E-state index in [1.165, 1.54) is 0 Å². The SMILES string of the molecule is Cc1cccc(N)c1C(N)CC(=O)O. The maximum Gasteiger partial charge on any atom is 0.305 e. The van der Waals surface area contributed by atoms with Crippen molar-refractivity contribution in [3.05, 3.63) is 29.3 Å². The Balaban J connectivity index is 2.99. The minimum atomic E-state index is -0.917. The lowest BCUT2D eigenvalue weighted by Crippen LogP contribution is -2.17. The first-order valence-electron chi connectivity index (χ1n) is 4.34. The Morgan fingerprint density at radius 2 is 2.21 bits per heavy atom. The Labute approximate surface area is 82.5 Å². The van der Waals surface area contributed by atoms with E-state index < -0.39 is 12.0 Å². The Morgan fingerprint density at radius 3 is 2.71 bits per heavy atom. The van der Waals surface area contributed by atoms with E-state index in [1.54, 1.807) is 6.07 Å². The summed E-state index contributed by atoms with van der Waals surface area (Å²) in [6.07, 6.45) is -0.102. The number of anilines is 1. The van der Waals surface area contributed by atoms with Gasteiger partial charge in [-0.25, -0.2) is 0 Å². The molecule has 5 N–H and O–H groups in total. The number of hydrogen-bond donors (Lipinski definition) is 3. The van der Waals surface area contributed by atoms with Gasteiger partial charge in [-0.2, -0.15) is 0 Å². The number of benzene rings is 1. The van der Waals surface area contributed by atoms with E-state index in [0.29, 0.717) is 5.69 Å². The molecule has 1 atom stereocenters. The van der Waals surface area contributed by atoms with Gasteiger partial charge in [-0.3, -0.25) is 4.79 Å². The molecule has 1 aromatic carbocycles. The van der Waals surface area contributed by atoms with Crippen LogP contribution in [0.4, 0.5) is 5.69 Å². The molecule has 4 nitrogen and oxygen atoms in total. The molecule has 0 fully saturated rings. The molecule has 14 heavy (non-hydrogen) atoms. The zero-order valence-electron chi connectivity index (χ0n) is 8.03. The Bertz CT molecular complexity index is 330. The number of aliphatic carboxylic acids is 1. The van der Waals surface area contributed by atoms with Crippen molar-refractivity contribution >= 4 is 11.7 Å². The van der Waals surface area contributed by atoms with E-state index in [4.69, 9.17) is 16.6 Å². The van der Waals surface area contributed by atoms with Gasteiger partial charge in [0.1, 0.15) is 0 Å². The summed E-state index contributed by atoms with van der Waals surface area (Å²) in [5, 5.41) is 8.61. The summed E-state index contributed by atoms with van der Waals surface area (Å²) in [5.74, 6) is -0.917. The van der Waals surface area contributed by atoms with Crippen LogP contribution in [0.15, 0.2) is 18.2 Å². The van der Waals surface area contributed by atoms with E-state index >= 15 is 0 Å². The van der Waals surface area contributed by atoms with Crippen molar-refractivity contribution < 1.29 is 9.90 Å². The Hall–Kier alpha value is -1.55. The average Bonchev–Trinajstić information content (AvgIpc) is 2.01. The summed E-state index contributed by atoms with van der Waals surface area (Å²) in [6.45, 7) is 1.87. The second-order valence-corrected chi connectivity index (χ2v) is 3.28. The topological polar surface area (TPSA) is 89.3 Å². The predicted octanol–water partition coefficient (Wildman–Crippen LogP) is 1.05. The second-order valence-electron chi connectivity index (χ2n) is 3.28. The van der Waals surface area contributed by atoms with E-state index in [9.17, 15) is 4.79 Å². The van der Waals surface area contributed by atoms with Gasteiger partial charge in [-0.05, 0) is 24.1 Å². The first-order valence-corrected chi connectivity index (χ1v) is 4.34. The highest BCUT2D eigenvalue weighted by atomic mass is 16.4. The van der Waals surface area contributed by atoms with Crippen molar-refractivity contribution in [1.29, 1.82) is 0 Å². The molecule has 0 saturated heterocycles. The van der Waals surface area contributed by atoms with Gasteiger partial charge < -0.3 is 16.6 Å². The number of aryl methyl sites for hydroxylation is 1. The van der Waals surface area contributed by atoms with Crippen molar-refractivity contribution in [2.24, 2.45) is 5.73 Å². The smallest absolute Gasteiger partial charge is 0.305 e. The molecular formula is C10H14N2O2. The van der Waals surface area contributed by atoms with Crippen LogP contribution in [0.2, 0.25) is 0 Å². The summed E-state index contributed by atoms with van der Waals surface area (Å²) in [5.41, 5.74) is 13.7. The Morgan fingerprint density at radius 1 is 1.57 bits per heavy atom. The van der Waals surface area contributed by atoms with Crippen LogP contribution in [0.1, 0.15) is 23.6 Å². The normalized spacial score (nSPS) is 12.4. The van der Waals surface area contributed by atoms with Crippen LogP contribution in [-0.4, -0.2) is 11.1 Å². The molecule has 1 rings (SSSR count). The number of nitrogen functional groups attached to an aromatic ring is 1. The third-order valence-corrected chi connectivity index (χ3v) is 2.12. The van der Waals surface area contributed by atoms with Crippen molar-refractivity contribution in [2.45, 2.75) is 19.4 Å². The summed E-state index contributed by atoms with van der Waals surface area (Å²) in [4.78, 5) is 10.5. The highest BCUT2D eigenvalue weighted by Gasteiger charge is 2.15. The van der Waals surface area contributed by atoms with Crippen molar-refractivity contribution in [1.82, 2.24) is 0 Å². The van der Waals surface area contributed by atoms with Gasteiger partial charge in [0.2, 0.25) is 0 Å². The molecular weight excluding hydrogens is 180 g/mol. The molecule has 0 aliphatic heterocycles. The van der Waals surface area contributed by atoms with Gasteiger partial charge in [-0.1, -0.05) is 12.1 Å². The minimum Gasteiger partial charge on any atom is -0.481 e. The molecule has 0 aromatic heterocycles. The number of nitrogens with two attached hydrogens (primary N) is 2. The molecule has 0 saturated carbocycles. The maximum atomic E-state index is 10.5. The quantitative estimate of drug-likeness (QED) is 0.627. The van der Waals surface area contributed by atoms with Crippen molar-refractivity contribution in [2.75, 3.05) is 5.73 Å². The van der Waals surface area contributed by atoms with Gasteiger partial charge in [-0.15, -0.1) is 0 Å². The molecule has 1 aromatic rings. The highest BCUT2D eigenvalue weighted by molar-refractivity contribution is 5.69. The van der Waals surface area contributed by atoms with Crippen LogP contribution in [0.25, 0.3) is 0 Å². The third kappa shape index (κ3) is 2.23. The predicted molar refractivity (Wildman–Crippen MR) is 54.8 cm³/mol. The summed E-state index contributed by atoms with van der Waals surface area (Å²) >= 11 is 0. The third-order valence-electron chi connectivity index (χ3n) is 2.12. The lowest BCUT2D eigenvalue weighted by molar-refractivity contribution is -0.137. The fourth-order valence-electron chi connectivity index (χ4n) is 1.50.